The smallest absolute Gasteiger partial charge is 0.182 e. The number of aryl methyl sites for hydroxylation is 1. The molecule has 0 amide bonds. The number of anilines is 1. The number of pyridine rings is 1. The first kappa shape index (κ1) is 12.7. The zero-order valence-corrected chi connectivity index (χ0v) is 11.8. The molecule has 0 spiro atoms. The highest BCUT2D eigenvalue weighted by molar-refractivity contribution is 6.33. The topological polar surface area (TPSA) is 65.4 Å². The summed E-state index contributed by atoms with van der Waals surface area (Å²) in [5.41, 5.74) is 8.92. The average molecular weight is 289 g/mol. The van der Waals surface area contributed by atoms with Crippen LogP contribution in [-0.2, 0) is 0 Å². The normalized spacial score (nSPS) is 10.9. The van der Waals surface area contributed by atoms with Gasteiger partial charge in [0.25, 0.3) is 0 Å². The van der Waals surface area contributed by atoms with Gasteiger partial charge in [0.15, 0.2) is 11.5 Å². The van der Waals surface area contributed by atoms with Crippen molar-refractivity contribution in [2.24, 2.45) is 0 Å². The second-order valence-electron chi connectivity index (χ2n) is 4.53. The molecule has 0 aliphatic carbocycles. The summed E-state index contributed by atoms with van der Waals surface area (Å²) in [6.45, 7) is 1.96. The highest BCUT2D eigenvalue weighted by atomic mass is 35.5. The Hall–Kier alpha value is -2.27. The maximum absolute atomic E-state index is 6.17. The summed E-state index contributed by atoms with van der Waals surface area (Å²) in [5, 5.41) is 5.00. The molecule has 0 aliphatic heterocycles. The van der Waals surface area contributed by atoms with Gasteiger partial charge in [-0.25, -0.2) is 9.50 Å². The van der Waals surface area contributed by atoms with Crippen molar-refractivity contribution >= 4 is 22.9 Å². The van der Waals surface area contributed by atoms with Gasteiger partial charge >= 0.3 is 0 Å². The maximum Gasteiger partial charge on any atom is 0.182 e. The molecule has 0 fully saturated rings. The second-order valence-corrected chi connectivity index (χ2v) is 4.93. The Labute approximate surface area is 121 Å². The fraction of sp³-hybridized carbons (Fsp3) is 0.143. The van der Waals surface area contributed by atoms with Crippen LogP contribution in [-0.4, -0.2) is 21.7 Å². The van der Waals surface area contributed by atoms with Crippen LogP contribution in [0.3, 0.4) is 0 Å². The van der Waals surface area contributed by atoms with Crippen LogP contribution in [0.1, 0.15) is 5.56 Å². The molecule has 0 bridgehead atoms. The molecule has 6 heteroatoms. The molecular formula is C14H13ClN4O. The van der Waals surface area contributed by atoms with Gasteiger partial charge in [-0.1, -0.05) is 11.6 Å². The summed E-state index contributed by atoms with van der Waals surface area (Å²) >= 11 is 6.17. The quantitative estimate of drug-likeness (QED) is 0.736. The number of halogens is 1. The van der Waals surface area contributed by atoms with Crippen molar-refractivity contribution in [1.29, 1.82) is 0 Å². The Morgan fingerprint density at radius 2 is 2.10 bits per heavy atom. The van der Waals surface area contributed by atoms with E-state index in [1.165, 1.54) is 0 Å². The van der Waals surface area contributed by atoms with Crippen LogP contribution in [0.2, 0.25) is 5.02 Å². The minimum Gasteiger partial charge on any atom is -0.495 e. The molecule has 5 nitrogen and oxygen atoms in total. The molecule has 0 unspecified atom stereocenters. The van der Waals surface area contributed by atoms with Crippen LogP contribution in [0, 0.1) is 6.92 Å². The van der Waals surface area contributed by atoms with E-state index in [9.17, 15) is 0 Å². The van der Waals surface area contributed by atoms with Gasteiger partial charge in [0.05, 0.1) is 17.8 Å². The first-order valence-corrected chi connectivity index (χ1v) is 6.42. The minimum atomic E-state index is 0.547. The largest absolute Gasteiger partial charge is 0.495 e. The molecule has 3 rings (SSSR count). The maximum atomic E-state index is 6.17. The van der Waals surface area contributed by atoms with E-state index >= 15 is 0 Å². The molecule has 20 heavy (non-hydrogen) atoms. The zero-order valence-electron chi connectivity index (χ0n) is 11.1. The number of nitrogens with zero attached hydrogens (tertiary/aromatic N) is 3. The summed E-state index contributed by atoms with van der Waals surface area (Å²) in [6.07, 6.45) is 1.88. The number of rotatable bonds is 2. The Morgan fingerprint density at radius 3 is 2.80 bits per heavy atom. The molecule has 0 saturated carbocycles. The van der Waals surface area contributed by atoms with Gasteiger partial charge < -0.3 is 10.5 Å². The molecule has 0 saturated heterocycles. The molecule has 2 heterocycles. The summed E-state index contributed by atoms with van der Waals surface area (Å²) in [5.74, 6) is 1.21. The number of hydrogen-bond acceptors (Lipinski definition) is 4. The Morgan fingerprint density at radius 1 is 1.30 bits per heavy atom. The third-order valence-electron chi connectivity index (χ3n) is 3.01. The number of ether oxygens (including phenoxy) is 1. The number of benzene rings is 1. The Bertz CT molecular complexity index is 797. The van der Waals surface area contributed by atoms with Crippen LogP contribution in [0.15, 0.2) is 30.5 Å². The van der Waals surface area contributed by atoms with Gasteiger partial charge in [0, 0.05) is 11.8 Å². The summed E-state index contributed by atoms with van der Waals surface area (Å²) in [4.78, 5) is 4.44. The number of fused-ring (bicyclic) bond motifs is 1. The first-order chi connectivity index (χ1) is 9.58. The van der Waals surface area contributed by atoms with Crippen LogP contribution >= 0.6 is 11.6 Å². The van der Waals surface area contributed by atoms with E-state index in [0.29, 0.717) is 27.9 Å². The highest BCUT2D eigenvalue weighted by Crippen LogP contribution is 2.28. The summed E-state index contributed by atoms with van der Waals surface area (Å²) < 4.78 is 6.81. The van der Waals surface area contributed by atoms with Gasteiger partial charge in [-0.15, -0.1) is 5.10 Å². The predicted molar refractivity (Wildman–Crippen MR) is 79.1 cm³/mol. The fourth-order valence-electron chi connectivity index (χ4n) is 2.07. The monoisotopic (exact) mass is 288 g/mol. The van der Waals surface area contributed by atoms with E-state index < -0.39 is 0 Å². The second kappa shape index (κ2) is 4.68. The van der Waals surface area contributed by atoms with E-state index in [1.807, 2.05) is 25.3 Å². The van der Waals surface area contributed by atoms with Gasteiger partial charge in [0.2, 0.25) is 0 Å². The third kappa shape index (κ3) is 2.06. The van der Waals surface area contributed by atoms with Crippen molar-refractivity contribution in [2.75, 3.05) is 12.8 Å². The van der Waals surface area contributed by atoms with Crippen molar-refractivity contribution in [3.05, 3.63) is 41.0 Å². The fourth-order valence-corrected chi connectivity index (χ4v) is 2.37. The molecule has 2 N–H and O–H groups in total. The molecule has 0 atom stereocenters. The third-order valence-corrected chi connectivity index (χ3v) is 3.29. The number of hydrogen-bond donors (Lipinski definition) is 1. The summed E-state index contributed by atoms with van der Waals surface area (Å²) in [7, 11) is 1.58. The predicted octanol–water partition coefficient (Wildman–Crippen LogP) is 2.95. The molecule has 1 aromatic carbocycles. The molecule has 2 aromatic heterocycles. The van der Waals surface area contributed by atoms with Crippen LogP contribution < -0.4 is 10.5 Å². The van der Waals surface area contributed by atoms with Crippen molar-refractivity contribution in [3.8, 4) is 17.1 Å². The van der Waals surface area contributed by atoms with Crippen LogP contribution in [0.25, 0.3) is 17.0 Å². The lowest BCUT2D eigenvalue weighted by atomic mass is 10.2. The van der Waals surface area contributed by atoms with E-state index in [4.69, 9.17) is 22.1 Å². The van der Waals surface area contributed by atoms with Crippen molar-refractivity contribution in [1.82, 2.24) is 14.6 Å². The van der Waals surface area contributed by atoms with Gasteiger partial charge in [-0.05, 0) is 36.8 Å². The van der Waals surface area contributed by atoms with Crippen LogP contribution in [0.5, 0.6) is 5.75 Å². The van der Waals surface area contributed by atoms with Gasteiger partial charge in [-0.2, -0.15) is 0 Å². The van der Waals surface area contributed by atoms with Crippen LogP contribution in [0.4, 0.5) is 5.69 Å². The van der Waals surface area contributed by atoms with Crippen molar-refractivity contribution in [2.45, 2.75) is 6.92 Å². The van der Waals surface area contributed by atoms with Gasteiger partial charge in [-0.3, -0.25) is 0 Å². The number of methoxy groups -OCH3 is 1. The molecule has 0 radical (unpaired) electrons. The number of nitrogens with two attached hydrogens (primary N) is 1. The van der Waals surface area contributed by atoms with E-state index in [1.54, 1.807) is 23.8 Å². The van der Waals surface area contributed by atoms with Gasteiger partial charge in [0.1, 0.15) is 5.75 Å². The Kier molecular flexibility index (Phi) is 2.99. The average Bonchev–Trinajstić information content (AvgIpc) is 2.82. The highest BCUT2D eigenvalue weighted by Gasteiger charge is 2.11. The Balaban J connectivity index is 2.15. The molecule has 0 aliphatic rings. The van der Waals surface area contributed by atoms with E-state index in [0.717, 1.165) is 11.1 Å². The van der Waals surface area contributed by atoms with E-state index in [2.05, 4.69) is 10.1 Å². The zero-order chi connectivity index (χ0) is 14.3. The lowest BCUT2D eigenvalue weighted by Gasteiger charge is -2.04. The first-order valence-electron chi connectivity index (χ1n) is 6.05. The number of aromatic nitrogens is 3. The summed E-state index contributed by atoms with van der Waals surface area (Å²) in [6, 6.07) is 7.31. The minimum absolute atomic E-state index is 0.547. The molecular weight excluding hydrogens is 276 g/mol. The molecule has 102 valence electrons. The standard InChI is InChI=1S/C14H13ClN4O/c1-8-5-10(15)14-17-13(18-19(14)7-8)9-3-4-12(20-2)11(16)6-9/h3-7H,16H2,1-2H3. The van der Waals surface area contributed by atoms with Crippen molar-refractivity contribution < 1.29 is 4.74 Å². The lowest BCUT2D eigenvalue weighted by Crippen LogP contribution is -1.93. The molecule has 3 aromatic rings. The van der Waals surface area contributed by atoms with Crippen molar-refractivity contribution in [3.63, 3.8) is 0 Å². The lowest BCUT2D eigenvalue weighted by molar-refractivity contribution is 0.417. The SMILES string of the molecule is COc1ccc(-c2nc3c(Cl)cc(C)cn3n2)cc1N. The van der Waals surface area contributed by atoms with E-state index in [-0.39, 0.29) is 0 Å². The number of nitrogen functional groups attached to an aromatic ring is 1.